The highest BCUT2D eigenvalue weighted by Gasteiger charge is 2.40. The van der Waals surface area contributed by atoms with E-state index in [4.69, 9.17) is 0 Å². The minimum Gasteiger partial charge on any atom is -0.358 e. The normalized spacial score (nSPS) is 21.2. The zero-order valence-corrected chi connectivity index (χ0v) is 28.1. The Kier molecular flexibility index (Phi) is 10.7. The smallest absolute Gasteiger partial charge is 0.350 e. The molecule has 0 bridgehead atoms. The van der Waals surface area contributed by atoms with Crippen LogP contribution < -0.4 is 16.3 Å². The van der Waals surface area contributed by atoms with Gasteiger partial charge in [-0.1, -0.05) is 84.0 Å². The Morgan fingerprint density at radius 3 is 2.31 bits per heavy atom. The summed E-state index contributed by atoms with van der Waals surface area (Å²) >= 11 is 0. The third-order valence-corrected chi connectivity index (χ3v) is 11.3. The Morgan fingerprint density at radius 2 is 1.69 bits per heavy atom. The van der Waals surface area contributed by atoms with Crippen LogP contribution in [0.3, 0.4) is 0 Å². The van der Waals surface area contributed by atoms with Crippen LogP contribution in [0.15, 0.2) is 59.4 Å². The number of amides is 1. The zero-order chi connectivity index (χ0) is 32.9. The number of rotatable bonds is 12. The number of nitrogens with zero attached hydrogens (tertiary/aromatic N) is 3. The van der Waals surface area contributed by atoms with E-state index in [2.05, 4.69) is 43.3 Å². The Balaban J connectivity index is 1.63. The molecule has 3 aromatic rings. The lowest BCUT2D eigenvalue weighted by Crippen LogP contribution is -2.48. The summed E-state index contributed by atoms with van der Waals surface area (Å²) in [4.78, 5) is 31.5. The van der Waals surface area contributed by atoms with Crippen LogP contribution >= 0.6 is 0 Å². The summed E-state index contributed by atoms with van der Waals surface area (Å²) in [6.45, 7) is 13.6. The van der Waals surface area contributed by atoms with Crippen LogP contribution in [0.1, 0.15) is 66.4 Å². The number of carbonyl (C=O) groups is 1. The van der Waals surface area contributed by atoms with Gasteiger partial charge in [-0.05, 0) is 66.0 Å². The fourth-order valence-electron chi connectivity index (χ4n) is 6.52. The molecule has 4 atom stereocenters. The highest BCUT2D eigenvalue weighted by atomic mass is 32.2. The fraction of sp³-hybridized carbons (Fsp3) is 0.543. The van der Waals surface area contributed by atoms with E-state index in [1.807, 2.05) is 44.2 Å². The summed E-state index contributed by atoms with van der Waals surface area (Å²) in [7, 11) is -3.69. The lowest BCUT2D eigenvalue weighted by Gasteiger charge is -2.46. The number of fused-ring (bicyclic) bond motifs is 1. The topological polar surface area (TPSA) is 134 Å². The van der Waals surface area contributed by atoms with E-state index < -0.39 is 39.3 Å². The standard InChI is InChI=1S/C35H47N5O4S/c1-23(2)20-40-31-15-11-10-14-29(31)32(39-34(40)42)38-30(18-27-16-24(3)35(5,6)25(4)17-27)33(41)37-28(19-36)22-45(43,44)21-26-12-8-7-9-13-26/h7-15,23-25,27-28,30H,16-18,20-22H2,1-6H3,(H,37,41)(H,38,39,42). The minimum absolute atomic E-state index is 0.166. The largest absolute Gasteiger partial charge is 0.358 e. The predicted molar refractivity (Wildman–Crippen MR) is 179 cm³/mol. The van der Waals surface area contributed by atoms with Crippen molar-refractivity contribution in [1.82, 2.24) is 14.9 Å². The van der Waals surface area contributed by atoms with Crippen molar-refractivity contribution >= 4 is 32.5 Å². The molecule has 242 valence electrons. The zero-order valence-electron chi connectivity index (χ0n) is 27.3. The van der Waals surface area contributed by atoms with E-state index in [9.17, 15) is 23.3 Å². The molecule has 4 rings (SSSR count). The average Bonchev–Trinajstić information content (AvgIpc) is 2.97. The second-order valence-electron chi connectivity index (χ2n) is 13.9. The summed E-state index contributed by atoms with van der Waals surface area (Å²) in [5.74, 6) is 0.395. The van der Waals surface area contributed by atoms with Gasteiger partial charge in [0.05, 0.1) is 23.1 Å². The van der Waals surface area contributed by atoms with Gasteiger partial charge in [-0.25, -0.2) is 13.2 Å². The van der Waals surface area contributed by atoms with Crippen LogP contribution in [-0.2, 0) is 26.9 Å². The van der Waals surface area contributed by atoms with Crippen LogP contribution in [0, 0.1) is 40.4 Å². The second-order valence-corrected chi connectivity index (χ2v) is 16.0. The van der Waals surface area contributed by atoms with Crippen LogP contribution in [-0.4, -0.2) is 41.7 Å². The molecule has 1 heterocycles. The van der Waals surface area contributed by atoms with Gasteiger partial charge in [0.1, 0.15) is 17.9 Å². The van der Waals surface area contributed by atoms with Crippen molar-refractivity contribution in [2.45, 2.75) is 85.2 Å². The maximum atomic E-state index is 13.9. The molecule has 0 saturated heterocycles. The van der Waals surface area contributed by atoms with Crippen molar-refractivity contribution in [1.29, 1.82) is 5.26 Å². The number of sulfone groups is 1. The van der Waals surface area contributed by atoms with Crippen LogP contribution in [0.4, 0.5) is 5.82 Å². The first-order valence-electron chi connectivity index (χ1n) is 15.9. The van der Waals surface area contributed by atoms with Gasteiger partial charge in [-0.3, -0.25) is 9.36 Å². The Morgan fingerprint density at radius 1 is 1.07 bits per heavy atom. The lowest BCUT2D eigenvalue weighted by molar-refractivity contribution is -0.122. The maximum Gasteiger partial charge on any atom is 0.350 e. The van der Waals surface area contributed by atoms with Crippen molar-refractivity contribution < 1.29 is 13.2 Å². The van der Waals surface area contributed by atoms with E-state index in [1.165, 1.54) is 0 Å². The fourth-order valence-corrected chi connectivity index (χ4v) is 8.00. The van der Waals surface area contributed by atoms with Crippen LogP contribution in [0.5, 0.6) is 0 Å². The molecule has 45 heavy (non-hydrogen) atoms. The van der Waals surface area contributed by atoms with Gasteiger partial charge in [0.15, 0.2) is 9.84 Å². The van der Waals surface area contributed by atoms with Gasteiger partial charge in [-0.2, -0.15) is 10.2 Å². The number of nitriles is 1. The summed E-state index contributed by atoms with van der Waals surface area (Å²) < 4.78 is 27.6. The van der Waals surface area contributed by atoms with E-state index >= 15 is 0 Å². The molecule has 1 saturated carbocycles. The van der Waals surface area contributed by atoms with Gasteiger partial charge >= 0.3 is 5.69 Å². The molecule has 1 aliphatic rings. The Bertz CT molecular complexity index is 1680. The van der Waals surface area contributed by atoms with Gasteiger partial charge in [0, 0.05) is 11.9 Å². The maximum absolute atomic E-state index is 13.9. The van der Waals surface area contributed by atoms with E-state index in [1.54, 1.807) is 34.9 Å². The van der Waals surface area contributed by atoms with Gasteiger partial charge in [0.25, 0.3) is 0 Å². The molecular formula is C35H47N5O4S. The van der Waals surface area contributed by atoms with Crippen molar-refractivity contribution in [3.63, 3.8) is 0 Å². The first kappa shape index (κ1) is 34.2. The first-order chi connectivity index (χ1) is 21.2. The molecule has 10 heteroatoms. The van der Waals surface area contributed by atoms with E-state index in [0.29, 0.717) is 41.6 Å². The monoisotopic (exact) mass is 633 g/mol. The number of hydrogen-bond acceptors (Lipinski definition) is 7. The summed E-state index contributed by atoms with van der Waals surface area (Å²) in [5, 5.41) is 16.6. The van der Waals surface area contributed by atoms with E-state index in [-0.39, 0.29) is 23.0 Å². The molecule has 0 spiro atoms. The third-order valence-electron chi connectivity index (χ3n) is 9.67. The molecule has 4 unspecified atom stereocenters. The molecule has 1 fully saturated rings. The number of nitrogens with one attached hydrogen (secondary N) is 2. The molecular weight excluding hydrogens is 586 g/mol. The van der Waals surface area contributed by atoms with Crippen molar-refractivity contribution in [3.05, 3.63) is 70.6 Å². The number of benzene rings is 2. The molecule has 2 aromatic carbocycles. The van der Waals surface area contributed by atoms with Gasteiger partial charge < -0.3 is 10.6 Å². The van der Waals surface area contributed by atoms with Crippen LogP contribution in [0.25, 0.3) is 10.9 Å². The first-order valence-corrected chi connectivity index (χ1v) is 17.7. The van der Waals surface area contributed by atoms with Gasteiger partial charge in [-0.15, -0.1) is 0 Å². The molecule has 1 aliphatic carbocycles. The summed E-state index contributed by atoms with van der Waals surface area (Å²) in [6.07, 6.45) is 2.32. The average molecular weight is 634 g/mol. The highest BCUT2D eigenvalue weighted by Crippen LogP contribution is 2.48. The van der Waals surface area contributed by atoms with Crippen LogP contribution in [0.2, 0.25) is 0 Å². The number of para-hydroxylation sites is 1. The summed E-state index contributed by atoms with van der Waals surface area (Å²) in [5.41, 5.74) is 1.09. The Labute approximate surface area is 267 Å². The minimum atomic E-state index is -3.69. The quantitative estimate of drug-likeness (QED) is 0.267. The number of carbonyl (C=O) groups excluding carboxylic acids is 1. The molecule has 0 aliphatic heterocycles. The molecule has 1 amide bonds. The number of anilines is 1. The summed E-state index contributed by atoms with van der Waals surface area (Å²) in [6, 6.07) is 16.2. The van der Waals surface area contributed by atoms with Gasteiger partial charge in [0.2, 0.25) is 5.91 Å². The number of hydrogen-bond donors (Lipinski definition) is 2. The second kappa shape index (κ2) is 14.2. The van der Waals surface area contributed by atoms with Crippen molar-refractivity contribution in [2.24, 2.45) is 29.1 Å². The molecule has 2 N–H and O–H groups in total. The van der Waals surface area contributed by atoms with Crippen molar-refractivity contribution in [2.75, 3.05) is 11.1 Å². The SMILES string of the molecule is CC(C)Cn1c(=O)nc(NC(CC2CC(C)C(C)(C)C(C)C2)C(=O)NC(C#N)CS(=O)(=O)Cc2ccccc2)c2ccccc21. The molecule has 1 aromatic heterocycles. The lowest BCUT2D eigenvalue weighted by atomic mass is 9.60. The third kappa shape index (κ3) is 8.51. The van der Waals surface area contributed by atoms with Crippen molar-refractivity contribution in [3.8, 4) is 6.07 Å². The molecule has 9 nitrogen and oxygen atoms in total. The predicted octanol–water partition coefficient (Wildman–Crippen LogP) is 5.55. The molecule has 0 radical (unpaired) electrons. The Hall–Kier alpha value is -3.71. The number of aromatic nitrogens is 2. The van der Waals surface area contributed by atoms with E-state index in [0.717, 1.165) is 18.4 Å². The highest BCUT2D eigenvalue weighted by molar-refractivity contribution is 7.90.